The van der Waals surface area contributed by atoms with Gasteiger partial charge in [0.25, 0.3) is 0 Å². The van der Waals surface area contributed by atoms with Crippen LogP contribution in [0.3, 0.4) is 0 Å². The fourth-order valence-electron chi connectivity index (χ4n) is 0.302. The van der Waals surface area contributed by atoms with Crippen molar-refractivity contribution in [1.82, 2.24) is 0 Å². The number of hydrogen-bond acceptors (Lipinski definition) is 2. The number of methoxy groups -OCH3 is 1. The number of esters is 1. The minimum Gasteiger partial charge on any atom is -0.466 e. The van der Waals surface area contributed by atoms with Gasteiger partial charge >= 0.3 is 5.97 Å². The van der Waals surface area contributed by atoms with E-state index in [0.29, 0.717) is 0 Å². The van der Waals surface area contributed by atoms with Gasteiger partial charge in [-0.25, -0.2) is 4.79 Å². The summed E-state index contributed by atoms with van der Waals surface area (Å²) in [6.07, 6.45) is 0. The fraction of sp³-hybridized carbons (Fsp3) is 0.500. The molecule has 0 amide bonds. The maximum absolute atomic E-state index is 10.7. The van der Waals surface area contributed by atoms with E-state index in [1.807, 2.05) is 0 Å². The van der Waals surface area contributed by atoms with Crippen molar-refractivity contribution in [3.8, 4) is 0 Å². The van der Waals surface area contributed by atoms with Gasteiger partial charge in [0.1, 0.15) is 4.33 Å². The summed E-state index contributed by atoms with van der Waals surface area (Å²) in [4.78, 5) is 10.7. The van der Waals surface area contributed by atoms with Gasteiger partial charge in [-0.2, -0.15) is 0 Å². The first-order valence-corrected chi connectivity index (χ1v) is 3.30. The van der Waals surface area contributed by atoms with Gasteiger partial charge in [-0.15, -0.1) is 0 Å². The number of hydrogen-bond donors (Lipinski definition) is 0. The minimum absolute atomic E-state index is 0.0401. The van der Waals surface area contributed by atoms with E-state index < -0.39 is 10.3 Å². The van der Waals surface area contributed by atoms with E-state index in [0.717, 1.165) is 0 Å². The molecular weight excluding hydrogens is 175 g/mol. The number of ether oxygens (including phenoxy) is 1. The molecule has 58 valence electrons. The standard InChI is InChI=1S/C6H8Cl2O2/c1-4(5(9)10-3)6(2,7)8/h1H2,2-3H3. The summed E-state index contributed by atoms with van der Waals surface area (Å²) >= 11 is 11.0. The molecule has 0 spiro atoms. The highest BCUT2D eigenvalue weighted by Gasteiger charge is 2.27. The largest absolute Gasteiger partial charge is 0.466 e. The van der Waals surface area contributed by atoms with Crippen LogP contribution >= 0.6 is 23.2 Å². The van der Waals surface area contributed by atoms with E-state index in [-0.39, 0.29) is 5.57 Å². The molecule has 0 bridgehead atoms. The molecule has 0 atom stereocenters. The molecule has 0 unspecified atom stereocenters. The third-order valence-electron chi connectivity index (χ3n) is 0.962. The molecule has 4 heteroatoms. The molecule has 2 nitrogen and oxygen atoms in total. The zero-order valence-electron chi connectivity index (χ0n) is 5.78. The van der Waals surface area contributed by atoms with E-state index in [4.69, 9.17) is 23.2 Å². The van der Waals surface area contributed by atoms with Gasteiger partial charge in [0, 0.05) is 0 Å². The fourth-order valence-corrected chi connectivity index (χ4v) is 0.457. The summed E-state index contributed by atoms with van der Waals surface area (Å²) in [5.74, 6) is -0.590. The molecule has 0 aromatic heterocycles. The second-order valence-corrected chi connectivity index (χ2v) is 3.56. The molecule has 0 fully saturated rings. The number of carbonyl (C=O) groups excluding carboxylic acids is 1. The van der Waals surface area contributed by atoms with Crippen LogP contribution in [0.1, 0.15) is 6.92 Å². The minimum atomic E-state index is -1.24. The van der Waals surface area contributed by atoms with Gasteiger partial charge in [-0.3, -0.25) is 0 Å². The summed E-state index contributed by atoms with van der Waals surface area (Å²) in [6, 6.07) is 0. The summed E-state index contributed by atoms with van der Waals surface area (Å²) in [7, 11) is 1.24. The lowest BCUT2D eigenvalue weighted by molar-refractivity contribution is -0.136. The topological polar surface area (TPSA) is 26.3 Å². The van der Waals surface area contributed by atoms with Crippen LogP contribution in [0, 0.1) is 0 Å². The Hall–Kier alpha value is -0.210. The highest BCUT2D eigenvalue weighted by Crippen LogP contribution is 2.28. The van der Waals surface area contributed by atoms with Crippen molar-refractivity contribution in [2.45, 2.75) is 11.3 Å². The Bertz CT molecular complexity index is 158. The monoisotopic (exact) mass is 182 g/mol. The van der Waals surface area contributed by atoms with Crippen LogP contribution in [0.2, 0.25) is 0 Å². The Kier molecular flexibility index (Phi) is 3.19. The predicted octanol–water partition coefficient (Wildman–Crippen LogP) is 1.91. The van der Waals surface area contributed by atoms with Gasteiger partial charge in [-0.1, -0.05) is 29.8 Å². The summed E-state index contributed by atoms with van der Waals surface area (Å²) in [5, 5.41) is 0. The average Bonchev–Trinajstić information content (AvgIpc) is 1.83. The van der Waals surface area contributed by atoms with Gasteiger partial charge in [0.2, 0.25) is 0 Å². The van der Waals surface area contributed by atoms with E-state index in [2.05, 4.69) is 11.3 Å². The van der Waals surface area contributed by atoms with Crippen molar-refractivity contribution >= 4 is 29.2 Å². The second kappa shape index (κ2) is 3.26. The molecular formula is C6H8Cl2O2. The van der Waals surface area contributed by atoms with Crippen LogP contribution in [0.15, 0.2) is 12.2 Å². The average molecular weight is 183 g/mol. The van der Waals surface area contributed by atoms with Crippen LogP contribution < -0.4 is 0 Å². The molecule has 0 heterocycles. The van der Waals surface area contributed by atoms with Crippen molar-refractivity contribution in [3.05, 3.63) is 12.2 Å². The molecule has 0 aliphatic rings. The Labute approximate surface area is 69.8 Å². The van der Waals surface area contributed by atoms with Crippen LogP contribution in [0.25, 0.3) is 0 Å². The van der Waals surface area contributed by atoms with Gasteiger partial charge in [0.05, 0.1) is 12.7 Å². The number of carbonyl (C=O) groups is 1. The summed E-state index contributed by atoms with van der Waals surface area (Å²) < 4.78 is 3.09. The SMILES string of the molecule is C=C(C(=O)OC)C(C)(Cl)Cl. The zero-order valence-corrected chi connectivity index (χ0v) is 7.29. The molecule has 0 aliphatic heterocycles. The Balaban J connectivity index is 4.24. The molecule has 0 aromatic rings. The quantitative estimate of drug-likeness (QED) is 0.371. The van der Waals surface area contributed by atoms with E-state index in [1.165, 1.54) is 14.0 Å². The van der Waals surface area contributed by atoms with E-state index in [1.54, 1.807) is 0 Å². The molecule has 0 radical (unpaired) electrons. The second-order valence-electron chi connectivity index (χ2n) is 1.86. The number of rotatable bonds is 2. The Morgan fingerprint density at radius 3 is 2.10 bits per heavy atom. The molecule has 0 N–H and O–H groups in total. The molecule has 0 saturated heterocycles. The first kappa shape index (κ1) is 9.79. The smallest absolute Gasteiger partial charge is 0.336 e. The van der Waals surface area contributed by atoms with Crippen LogP contribution in [-0.2, 0) is 9.53 Å². The highest BCUT2D eigenvalue weighted by molar-refractivity contribution is 6.51. The van der Waals surface area contributed by atoms with Gasteiger partial charge < -0.3 is 4.74 Å². The number of alkyl halides is 2. The third kappa shape index (κ3) is 2.58. The lowest BCUT2D eigenvalue weighted by Gasteiger charge is -2.13. The first-order chi connectivity index (χ1) is 4.39. The Morgan fingerprint density at radius 2 is 2.00 bits per heavy atom. The Morgan fingerprint density at radius 1 is 1.60 bits per heavy atom. The van der Waals surface area contributed by atoms with Gasteiger partial charge in [-0.05, 0) is 6.92 Å². The van der Waals surface area contributed by atoms with Crippen LogP contribution in [0.4, 0.5) is 0 Å². The van der Waals surface area contributed by atoms with Crippen molar-refractivity contribution in [1.29, 1.82) is 0 Å². The zero-order chi connectivity index (χ0) is 8.36. The van der Waals surface area contributed by atoms with Crippen molar-refractivity contribution in [2.75, 3.05) is 7.11 Å². The maximum atomic E-state index is 10.7. The third-order valence-corrected chi connectivity index (χ3v) is 1.42. The van der Waals surface area contributed by atoms with Crippen molar-refractivity contribution in [2.24, 2.45) is 0 Å². The van der Waals surface area contributed by atoms with Crippen molar-refractivity contribution in [3.63, 3.8) is 0 Å². The van der Waals surface area contributed by atoms with Crippen molar-refractivity contribution < 1.29 is 9.53 Å². The van der Waals surface area contributed by atoms with Gasteiger partial charge in [0.15, 0.2) is 0 Å². The lowest BCUT2D eigenvalue weighted by Crippen LogP contribution is -2.18. The highest BCUT2D eigenvalue weighted by atomic mass is 35.5. The van der Waals surface area contributed by atoms with Crippen LogP contribution in [0.5, 0.6) is 0 Å². The molecule has 0 aliphatic carbocycles. The van der Waals surface area contributed by atoms with E-state index >= 15 is 0 Å². The maximum Gasteiger partial charge on any atom is 0.336 e. The molecule has 0 rings (SSSR count). The predicted molar refractivity (Wildman–Crippen MR) is 41.3 cm³/mol. The van der Waals surface area contributed by atoms with Crippen LogP contribution in [-0.4, -0.2) is 17.4 Å². The number of halogens is 2. The summed E-state index contributed by atoms with van der Waals surface area (Å²) in [5.41, 5.74) is 0.0401. The first-order valence-electron chi connectivity index (χ1n) is 2.55. The normalized spacial score (nSPS) is 10.8. The van der Waals surface area contributed by atoms with E-state index in [9.17, 15) is 4.79 Å². The molecule has 0 aromatic carbocycles. The lowest BCUT2D eigenvalue weighted by atomic mass is 10.2. The molecule has 10 heavy (non-hydrogen) atoms. The summed E-state index contributed by atoms with van der Waals surface area (Å²) in [6.45, 7) is 4.81. The molecule has 0 saturated carbocycles.